The number of amides is 3. The summed E-state index contributed by atoms with van der Waals surface area (Å²) in [5.41, 5.74) is 0.918. The maximum absolute atomic E-state index is 13.7. The van der Waals surface area contributed by atoms with E-state index in [4.69, 9.17) is 83.9 Å². The lowest BCUT2D eigenvalue weighted by molar-refractivity contribution is -0.210. The van der Waals surface area contributed by atoms with Crippen molar-refractivity contribution in [2.75, 3.05) is 26.1 Å². The minimum Gasteiger partial charge on any atom is -0.456 e. The number of thioether (sulfide) groups is 1. The molecule has 0 bridgehead atoms. The van der Waals surface area contributed by atoms with Crippen LogP contribution in [0.3, 0.4) is 0 Å². The lowest BCUT2D eigenvalue weighted by Crippen LogP contribution is -2.71. The Morgan fingerprint density at radius 2 is 1.67 bits per heavy atom. The first-order valence-corrected chi connectivity index (χ1v) is 14.3. The van der Waals surface area contributed by atoms with E-state index in [2.05, 4.69) is 5.32 Å². The largest absolute Gasteiger partial charge is 0.456 e. The SMILES string of the molecule is CON(C(=O)[C@H](NC(=O)OCC(Cl)(Cl)Cl)c1ccccc1)C1C(=O)N2C(C(=O)OCC(Cl)(Cl)Cl)=C(C)CS[C@H]12. The molecule has 2 aliphatic heterocycles. The zero-order valence-electron chi connectivity index (χ0n) is 20.2. The van der Waals surface area contributed by atoms with Gasteiger partial charge in [-0.3, -0.25) is 19.3 Å². The van der Waals surface area contributed by atoms with Crippen LogP contribution in [0.4, 0.5) is 4.79 Å². The van der Waals surface area contributed by atoms with Gasteiger partial charge in [-0.1, -0.05) is 99.9 Å². The summed E-state index contributed by atoms with van der Waals surface area (Å²) < 4.78 is 6.27. The quantitative estimate of drug-likeness (QED) is 0.182. The van der Waals surface area contributed by atoms with Crippen molar-refractivity contribution in [3.8, 4) is 0 Å². The van der Waals surface area contributed by atoms with Crippen LogP contribution < -0.4 is 5.32 Å². The van der Waals surface area contributed by atoms with E-state index in [1.54, 1.807) is 37.3 Å². The van der Waals surface area contributed by atoms with Crippen LogP contribution in [0.5, 0.6) is 0 Å². The number of nitrogens with zero attached hydrogens (tertiary/aromatic N) is 2. The number of alkyl carbamates (subject to hydrolysis) is 1. The van der Waals surface area contributed by atoms with Crippen LogP contribution >= 0.6 is 81.4 Å². The fraction of sp³-hybridized carbons (Fsp3) is 0.455. The van der Waals surface area contributed by atoms with E-state index >= 15 is 0 Å². The maximum atomic E-state index is 13.7. The summed E-state index contributed by atoms with van der Waals surface area (Å²) in [5, 5.41) is 2.56. The lowest BCUT2D eigenvalue weighted by atomic mass is 10.0. The Labute approximate surface area is 258 Å². The van der Waals surface area contributed by atoms with Crippen molar-refractivity contribution in [1.29, 1.82) is 0 Å². The first kappa shape index (κ1) is 32.2. The summed E-state index contributed by atoms with van der Waals surface area (Å²) in [6.07, 6.45) is -1.05. The summed E-state index contributed by atoms with van der Waals surface area (Å²) >= 11 is 35.2. The number of esters is 1. The second-order valence-corrected chi connectivity index (χ2v) is 14.3. The Bertz CT molecular complexity index is 1150. The molecule has 1 saturated heterocycles. The van der Waals surface area contributed by atoms with Gasteiger partial charge in [0.25, 0.3) is 11.8 Å². The predicted molar refractivity (Wildman–Crippen MR) is 149 cm³/mol. The Hall–Kier alpha value is -1.31. The zero-order chi connectivity index (χ0) is 29.1. The monoisotopic (exact) mass is 681 g/mol. The van der Waals surface area contributed by atoms with E-state index in [-0.39, 0.29) is 5.70 Å². The van der Waals surface area contributed by atoms with Gasteiger partial charge in [0.1, 0.15) is 30.3 Å². The molecule has 0 radical (unpaired) electrons. The van der Waals surface area contributed by atoms with Gasteiger partial charge >= 0.3 is 12.1 Å². The molecule has 1 unspecified atom stereocenters. The van der Waals surface area contributed by atoms with Crippen molar-refractivity contribution in [2.24, 2.45) is 0 Å². The van der Waals surface area contributed by atoms with Gasteiger partial charge in [0, 0.05) is 5.75 Å². The van der Waals surface area contributed by atoms with E-state index in [9.17, 15) is 19.2 Å². The van der Waals surface area contributed by atoms with Crippen molar-refractivity contribution in [2.45, 2.75) is 32.0 Å². The van der Waals surface area contributed by atoms with Gasteiger partial charge in [0.05, 0.1) is 7.11 Å². The highest BCUT2D eigenvalue weighted by Gasteiger charge is 2.58. The first-order valence-electron chi connectivity index (χ1n) is 10.9. The van der Waals surface area contributed by atoms with E-state index in [0.717, 1.165) is 5.06 Å². The molecule has 39 heavy (non-hydrogen) atoms. The molecule has 1 aromatic rings. The molecule has 0 saturated carbocycles. The number of carbonyl (C=O) groups is 4. The lowest BCUT2D eigenvalue weighted by Gasteiger charge is -2.52. The topological polar surface area (TPSA) is 114 Å². The number of nitrogens with one attached hydrogen (secondary N) is 1. The van der Waals surface area contributed by atoms with Crippen molar-refractivity contribution < 1.29 is 33.5 Å². The molecule has 3 atom stereocenters. The Morgan fingerprint density at radius 1 is 1.08 bits per heavy atom. The molecular weight excluding hydrogens is 663 g/mol. The summed E-state index contributed by atoms with van der Waals surface area (Å²) in [6, 6.07) is 5.71. The van der Waals surface area contributed by atoms with Crippen molar-refractivity contribution in [3.63, 3.8) is 0 Å². The number of hydroxylamine groups is 2. The zero-order valence-corrected chi connectivity index (χ0v) is 25.5. The molecule has 2 heterocycles. The average Bonchev–Trinajstić information content (AvgIpc) is 2.86. The van der Waals surface area contributed by atoms with Crippen LogP contribution in [-0.2, 0) is 28.7 Å². The summed E-state index contributed by atoms with van der Waals surface area (Å²) in [6.45, 7) is 0.552. The summed E-state index contributed by atoms with van der Waals surface area (Å²) in [5.74, 6) is -1.92. The van der Waals surface area contributed by atoms with Crippen molar-refractivity contribution in [3.05, 3.63) is 47.2 Å². The number of benzene rings is 1. The molecule has 214 valence electrons. The van der Waals surface area contributed by atoms with E-state index in [0.29, 0.717) is 16.9 Å². The average molecular weight is 684 g/mol. The van der Waals surface area contributed by atoms with E-state index in [1.165, 1.54) is 23.8 Å². The molecular formula is C22H21Cl6N3O7S. The molecule has 10 nitrogen and oxygen atoms in total. The number of rotatable bonds is 8. The second-order valence-electron chi connectivity index (χ2n) is 8.20. The third kappa shape index (κ3) is 8.13. The molecule has 0 aliphatic carbocycles. The highest BCUT2D eigenvalue weighted by molar-refractivity contribution is 8.00. The van der Waals surface area contributed by atoms with Crippen molar-refractivity contribution in [1.82, 2.24) is 15.3 Å². The molecule has 0 aromatic heterocycles. The first-order chi connectivity index (χ1) is 18.1. The molecule has 17 heteroatoms. The van der Waals surface area contributed by atoms with Gasteiger partial charge in [-0.05, 0) is 18.1 Å². The number of β-lactam (4-membered cyclic amide) rings is 1. The van der Waals surface area contributed by atoms with Crippen LogP contribution in [0.1, 0.15) is 18.5 Å². The maximum Gasteiger partial charge on any atom is 0.408 e. The van der Waals surface area contributed by atoms with Gasteiger partial charge in [-0.2, -0.15) is 0 Å². The van der Waals surface area contributed by atoms with Crippen LogP contribution in [0.25, 0.3) is 0 Å². The van der Waals surface area contributed by atoms with Crippen LogP contribution in [0, 0.1) is 0 Å². The normalized spacial score (nSPS) is 20.0. The minimum atomic E-state index is -1.87. The number of ether oxygens (including phenoxy) is 2. The predicted octanol–water partition coefficient (Wildman–Crippen LogP) is 4.69. The Balaban J connectivity index is 1.82. The third-order valence-corrected chi connectivity index (χ3v) is 7.43. The number of fused-ring (bicyclic) bond motifs is 1. The molecule has 1 fully saturated rings. The third-order valence-electron chi connectivity index (χ3n) is 5.37. The highest BCUT2D eigenvalue weighted by atomic mass is 35.6. The number of carbonyl (C=O) groups excluding carboxylic acids is 4. The summed E-state index contributed by atoms with van der Waals surface area (Å²) in [4.78, 5) is 58.7. The summed E-state index contributed by atoms with van der Waals surface area (Å²) in [7, 11) is 1.20. The van der Waals surface area contributed by atoms with Crippen LogP contribution in [0.15, 0.2) is 41.6 Å². The molecule has 3 amide bonds. The molecule has 2 aliphatic rings. The fourth-order valence-corrected chi connectivity index (χ4v) is 5.40. The number of halogens is 6. The highest BCUT2D eigenvalue weighted by Crippen LogP contribution is 2.43. The molecule has 1 N–H and O–H groups in total. The van der Waals surface area contributed by atoms with Crippen LogP contribution in [-0.4, -0.2) is 78.9 Å². The van der Waals surface area contributed by atoms with Crippen LogP contribution in [0.2, 0.25) is 0 Å². The van der Waals surface area contributed by atoms with E-state index < -0.39 is 62.1 Å². The number of hydrogen-bond donors (Lipinski definition) is 1. The van der Waals surface area contributed by atoms with Gasteiger partial charge in [0.2, 0.25) is 7.59 Å². The second kappa shape index (κ2) is 13.1. The smallest absolute Gasteiger partial charge is 0.408 e. The molecule has 3 rings (SSSR count). The molecule has 1 aromatic carbocycles. The van der Waals surface area contributed by atoms with Crippen molar-refractivity contribution >= 4 is 105 Å². The Morgan fingerprint density at radius 3 is 2.23 bits per heavy atom. The van der Waals surface area contributed by atoms with Gasteiger partial charge < -0.3 is 14.8 Å². The fourth-order valence-electron chi connectivity index (χ4n) is 3.75. The Kier molecular flexibility index (Phi) is 10.8. The van der Waals surface area contributed by atoms with E-state index in [1.807, 2.05) is 0 Å². The van der Waals surface area contributed by atoms with Gasteiger partial charge in [0.15, 0.2) is 6.04 Å². The van der Waals surface area contributed by atoms with Gasteiger partial charge in [-0.15, -0.1) is 11.8 Å². The van der Waals surface area contributed by atoms with Gasteiger partial charge in [-0.25, -0.2) is 14.7 Å². The standard InChI is InChI=1S/C22H21Cl6N3O7S/c1-11-8-39-18-15(17(33)30(18)14(11)19(34)37-9-21(23,24)25)31(36-2)16(32)13(12-6-4-3-5-7-12)29-20(35)38-10-22(26,27)28/h3-7,13,15,18H,8-10H2,1-2H3,(H,29,35)/t13-,15?,18-/m1/s1. The molecule has 0 spiro atoms. The minimum absolute atomic E-state index is 0.00855. The number of alkyl halides is 6. The number of hydrogen-bond acceptors (Lipinski definition) is 8.